The lowest BCUT2D eigenvalue weighted by molar-refractivity contribution is 0.293. The van der Waals surface area contributed by atoms with Crippen LogP contribution in [0.2, 0.25) is 5.02 Å². The van der Waals surface area contributed by atoms with E-state index in [0.717, 1.165) is 9.75 Å². The van der Waals surface area contributed by atoms with Crippen LogP contribution in [-0.4, -0.2) is 0 Å². The highest BCUT2D eigenvalue weighted by atomic mass is 35.5. The molecule has 1 aromatic heterocycles. The molecule has 1 heterocycles. The van der Waals surface area contributed by atoms with Crippen molar-refractivity contribution in [2.45, 2.75) is 13.2 Å². The average molecular weight is 272 g/mol. The lowest BCUT2D eigenvalue weighted by Gasteiger charge is -2.06. The summed E-state index contributed by atoms with van der Waals surface area (Å²) in [7, 11) is 0. The third-order valence-electron chi connectivity index (χ3n) is 2.20. The van der Waals surface area contributed by atoms with E-state index in [0.29, 0.717) is 13.2 Å². The summed E-state index contributed by atoms with van der Waals surface area (Å²) < 4.78 is 18.9. The fourth-order valence-corrected chi connectivity index (χ4v) is 2.33. The van der Waals surface area contributed by atoms with Crippen molar-refractivity contribution in [3.8, 4) is 5.75 Å². The van der Waals surface area contributed by atoms with Crippen molar-refractivity contribution in [2.75, 3.05) is 0 Å². The molecule has 0 fully saturated rings. The first kappa shape index (κ1) is 12.4. The van der Waals surface area contributed by atoms with Crippen LogP contribution in [0, 0.1) is 5.82 Å². The highest BCUT2D eigenvalue weighted by molar-refractivity contribution is 7.11. The van der Waals surface area contributed by atoms with E-state index in [2.05, 4.69) is 0 Å². The average Bonchev–Trinajstić information content (AvgIpc) is 2.79. The summed E-state index contributed by atoms with van der Waals surface area (Å²) in [6, 6.07) is 8.56. The zero-order valence-corrected chi connectivity index (χ0v) is 10.5. The topological polar surface area (TPSA) is 35.2 Å². The van der Waals surface area contributed by atoms with E-state index in [1.165, 1.54) is 6.07 Å². The summed E-state index contributed by atoms with van der Waals surface area (Å²) in [5.41, 5.74) is 5.51. The van der Waals surface area contributed by atoms with Gasteiger partial charge in [0.05, 0.1) is 5.02 Å². The van der Waals surface area contributed by atoms with Gasteiger partial charge in [-0.1, -0.05) is 17.7 Å². The van der Waals surface area contributed by atoms with Gasteiger partial charge >= 0.3 is 0 Å². The number of rotatable bonds is 4. The van der Waals surface area contributed by atoms with Crippen molar-refractivity contribution >= 4 is 22.9 Å². The Morgan fingerprint density at radius 2 is 2.00 bits per heavy atom. The Bertz CT molecular complexity index is 515. The number of ether oxygens (including phenoxy) is 1. The van der Waals surface area contributed by atoms with E-state index in [1.807, 2.05) is 12.1 Å². The van der Waals surface area contributed by atoms with Crippen LogP contribution in [0.15, 0.2) is 30.3 Å². The minimum absolute atomic E-state index is 0.0660. The minimum atomic E-state index is -0.523. The van der Waals surface area contributed by atoms with E-state index in [9.17, 15) is 4.39 Å². The zero-order valence-electron chi connectivity index (χ0n) is 8.95. The van der Waals surface area contributed by atoms with Gasteiger partial charge in [-0.05, 0) is 24.3 Å². The van der Waals surface area contributed by atoms with Gasteiger partial charge in [0.1, 0.15) is 6.61 Å². The molecule has 0 unspecified atom stereocenters. The molecule has 90 valence electrons. The van der Waals surface area contributed by atoms with E-state index in [4.69, 9.17) is 22.1 Å². The molecule has 0 aliphatic heterocycles. The minimum Gasteiger partial charge on any atom is -0.485 e. The number of benzene rings is 1. The second-order valence-corrected chi connectivity index (χ2v) is 5.07. The van der Waals surface area contributed by atoms with Crippen molar-refractivity contribution in [1.82, 2.24) is 0 Å². The summed E-state index contributed by atoms with van der Waals surface area (Å²) in [4.78, 5) is 2.08. The molecule has 0 aliphatic rings. The standard InChI is InChI=1S/C12H11ClFNOS/c13-10-2-1-3-11(12(10)14)16-7-9-5-4-8(6-15)17-9/h1-5H,6-7,15H2. The smallest absolute Gasteiger partial charge is 0.183 e. The molecule has 0 atom stereocenters. The Morgan fingerprint density at radius 3 is 2.71 bits per heavy atom. The van der Waals surface area contributed by atoms with E-state index in [-0.39, 0.29) is 10.8 Å². The molecule has 2 rings (SSSR count). The van der Waals surface area contributed by atoms with Crippen molar-refractivity contribution in [1.29, 1.82) is 0 Å². The molecule has 0 saturated carbocycles. The third-order valence-corrected chi connectivity index (χ3v) is 3.58. The van der Waals surface area contributed by atoms with Gasteiger partial charge in [0.25, 0.3) is 0 Å². The fourth-order valence-electron chi connectivity index (χ4n) is 1.35. The van der Waals surface area contributed by atoms with Crippen LogP contribution >= 0.6 is 22.9 Å². The van der Waals surface area contributed by atoms with Gasteiger partial charge in [-0.3, -0.25) is 0 Å². The molecular formula is C12H11ClFNOS. The summed E-state index contributed by atoms with van der Waals surface area (Å²) in [6.07, 6.45) is 0. The van der Waals surface area contributed by atoms with E-state index >= 15 is 0 Å². The van der Waals surface area contributed by atoms with Gasteiger partial charge < -0.3 is 10.5 Å². The van der Waals surface area contributed by atoms with Gasteiger partial charge in [0.15, 0.2) is 11.6 Å². The normalized spacial score (nSPS) is 10.5. The summed E-state index contributed by atoms with van der Waals surface area (Å²) >= 11 is 7.21. The van der Waals surface area contributed by atoms with E-state index < -0.39 is 5.82 Å². The number of thiophene rings is 1. The number of hydrogen-bond acceptors (Lipinski definition) is 3. The first-order chi connectivity index (χ1) is 8.20. The number of hydrogen-bond donors (Lipinski definition) is 1. The van der Waals surface area contributed by atoms with E-state index in [1.54, 1.807) is 23.5 Å². The molecule has 1 aromatic carbocycles. The predicted octanol–water partition coefficient (Wildman–Crippen LogP) is 3.58. The SMILES string of the molecule is NCc1ccc(COc2cccc(Cl)c2F)s1. The second-order valence-electron chi connectivity index (χ2n) is 3.41. The second kappa shape index (κ2) is 5.49. The molecular weight excluding hydrogens is 261 g/mol. The van der Waals surface area contributed by atoms with Crippen LogP contribution < -0.4 is 10.5 Å². The lowest BCUT2D eigenvalue weighted by Crippen LogP contribution is -1.95. The van der Waals surface area contributed by atoms with Gasteiger partial charge in [-0.2, -0.15) is 0 Å². The summed E-state index contributed by atoms with van der Waals surface area (Å²) in [5, 5.41) is 0.0660. The number of nitrogens with two attached hydrogens (primary N) is 1. The molecule has 0 saturated heterocycles. The Hall–Kier alpha value is -1.10. The zero-order chi connectivity index (χ0) is 12.3. The molecule has 0 aliphatic carbocycles. The predicted molar refractivity (Wildman–Crippen MR) is 68.0 cm³/mol. The van der Waals surface area contributed by atoms with Crippen LogP contribution in [0.5, 0.6) is 5.75 Å². The maximum atomic E-state index is 13.5. The molecule has 0 spiro atoms. The Labute approximate surface area is 108 Å². The van der Waals surface area contributed by atoms with Crippen LogP contribution in [0.1, 0.15) is 9.75 Å². The highest BCUT2D eigenvalue weighted by Gasteiger charge is 2.08. The van der Waals surface area contributed by atoms with Crippen molar-refractivity contribution < 1.29 is 9.13 Å². The van der Waals surface area contributed by atoms with Gasteiger partial charge in [0, 0.05) is 16.3 Å². The molecule has 0 amide bonds. The molecule has 2 N–H and O–H groups in total. The van der Waals surface area contributed by atoms with Crippen molar-refractivity contribution in [2.24, 2.45) is 5.73 Å². The van der Waals surface area contributed by atoms with Gasteiger partial charge in [-0.25, -0.2) is 4.39 Å². The third kappa shape index (κ3) is 2.97. The molecule has 2 aromatic rings. The highest BCUT2D eigenvalue weighted by Crippen LogP contribution is 2.25. The lowest BCUT2D eigenvalue weighted by atomic mass is 10.3. The van der Waals surface area contributed by atoms with Crippen LogP contribution in [0.4, 0.5) is 4.39 Å². The molecule has 2 nitrogen and oxygen atoms in total. The monoisotopic (exact) mass is 271 g/mol. The van der Waals surface area contributed by atoms with Crippen LogP contribution in [0.25, 0.3) is 0 Å². The summed E-state index contributed by atoms with van der Waals surface area (Å²) in [5.74, 6) is -0.357. The Kier molecular flexibility index (Phi) is 3.99. The maximum absolute atomic E-state index is 13.5. The van der Waals surface area contributed by atoms with Crippen LogP contribution in [0.3, 0.4) is 0 Å². The molecule has 5 heteroatoms. The molecule has 0 radical (unpaired) electrons. The van der Waals surface area contributed by atoms with Gasteiger partial charge in [0.2, 0.25) is 0 Å². The fraction of sp³-hybridized carbons (Fsp3) is 0.167. The molecule has 17 heavy (non-hydrogen) atoms. The Balaban J connectivity index is 2.04. The largest absolute Gasteiger partial charge is 0.485 e. The Morgan fingerprint density at radius 1 is 1.24 bits per heavy atom. The number of halogens is 2. The quantitative estimate of drug-likeness (QED) is 0.922. The van der Waals surface area contributed by atoms with Crippen LogP contribution in [-0.2, 0) is 13.2 Å². The van der Waals surface area contributed by atoms with Crippen molar-refractivity contribution in [3.05, 3.63) is 50.9 Å². The van der Waals surface area contributed by atoms with Crippen molar-refractivity contribution in [3.63, 3.8) is 0 Å². The first-order valence-corrected chi connectivity index (χ1v) is 6.24. The maximum Gasteiger partial charge on any atom is 0.183 e. The molecule has 0 bridgehead atoms. The van der Waals surface area contributed by atoms with Gasteiger partial charge in [-0.15, -0.1) is 11.3 Å². The summed E-state index contributed by atoms with van der Waals surface area (Å²) in [6.45, 7) is 0.831. The first-order valence-electron chi connectivity index (χ1n) is 5.05.